The Bertz CT molecular complexity index is 364. The molecule has 3 unspecified atom stereocenters. The number of carbonyl (C=O) groups excluding carboxylic acids is 1. The van der Waals surface area contributed by atoms with Gasteiger partial charge in [-0.15, -0.1) is 0 Å². The van der Waals surface area contributed by atoms with Gasteiger partial charge in [0.25, 0.3) is 0 Å². The van der Waals surface area contributed by atoms with Gasteiger partial charge in [-0.2, -0.15) is 5.26 Å². The van der Waals surface area contributed by atoms with Gasteiger partial charge in [-0.25, -0.2) is 0 Å². The standard InChI is InChI=1S/C16H31N2O4P/c1-12(2)18(13(3)4)15(16(19)20-5)8-6-7-9-21-14(10-17)11-22-23/h12-15H,6-9,11,23H2,1-5H3. The molecule has 0 aliphatic rings. The van der Waals surface area contributed by atoms with E-state index in [4.69, 9.17) is 19.3 Å². The van der Waals surface area contributed by atoms with Crippen LogP contribution in [0.2, 0.25) is 0 Å². The van der Waals surface area contributed by atoms with Crippen LogP contribution in [-0.2, 0) is 18.8 Å². The third kappa shape index (κ3) is 8.62. The van der Waals surface area contributed by atoms with Gasteiger partial charge >= 0.3 is 5.97 Å². The van der Waals surface area contributed by atoms with Crippen molar-refractivity contribution < 1.29 is 18.8 Å². The fraction of sp³-hybridized carbons (Fsp3) is 0.875. The molecule has 6 nitrogen and oxygen atoms in total. The number of nitriles is 1. The summed E-state index contributed by atoms with van der Waals surface area (Å²) in [4.78, 5) is 14.3. The van der Waals surface area contributed by atoms with E-state index in [1.807, 2.05) is 6.07 Å². The third-order valence-electron chi connectivity index (χ3n) is 3.61. The van der Waals surface area contributed by atoms with Crippen molar-refractivity contribution in [2.75, 3.05) is 20.3 Å². The Morgan fingerprint density at radius 1 is 1.22 bits per heavy atom. The summed E-state index contributed by atoms with van der Waals surface area (Å²) in [5.74, 6) is -0.195. The molecule has 0 aliphatic heterocycles. The number of esters is 1. The van der Waals surface area contributed by atoms with Crippen molar-refractivity contribution in [2.24, 2.45) is 0 Å². The van der Waals surface area contributed by atoms with Crippen LogP contribution in [0.3, 0.4) is 0 Å². The average Bonchev–Trinajstić information content (AvgIpc) is 2.50. The Hall–Kier alpha value is -0.730. The maximum atomic E-state index is 12.1. The zero-order chi connectivity index (χ0) is 17.8. The molecule has 0 aromatic carbocycles. The summed E-state index contributed by atoms with van der Waals surface area (Å²) in [5, 5.41) is 8.87. The molecule has 0 rings (SSSR count). The summed E-state index contributed by atoms with van der Waals surface area (Å²) in [6, 6.07) is 2.31. The number of ether oxygens (including phenoxy) is 2. The van der Waals surface area contributed by atoms with Crippen LogP contribution in [0.1, 0.15) is 47.0 Å². The van der Waals surface area contributed by atoms with Gasteiger partial charge < -0.3 is 14.0 Å². The van der Waals surface area contributed by atoms with Gasteiger partial charge in [-0.05, 0) is 47.0 Å². The zero-order valence-corrected chi connectivity index (χ0v) is 16.1. The summed E-state index contributed by atoms with van der Waals surface area (Å²) in [6.45, 7) is 9.04. The lowest BCUT2D eigenvalue weighted by molar-refractivity contribution is -0.149. The van der Waals surface area contributed by atoms with E-state index in [0.717, 1.165) is 12.8 Å². The second-order valence-corrected chi connectivity index (χ2v) is 6.32. The molecule has 0 saturated carbocycles. The minimum atomic E-state index is -0.549. The maximum Gasteiger partial charge on any atom is 0.323 e. The first-order chi connectivity index (χ1) is 10.9. The summed E-state index contributed by atoms with van der Waals surface area (Å²) in [7, 11) is 3.53. The zero-order valence-electron chi connectivity index (χ0n) is 14.9. The molecule has 0 aromatic rings. The molecule has 0 fully saturated rings. The fourth-order valence-corrected chi connectivity index (χ4v) is 2.89. The highest BCUT2D eigenvalue weighted by molar-refractivity contribution is 7.09. The van der Waals surface area contributed by atoms with E-state index in [1.54, 1.807) is 0 Å². The molecule has 7 heteroatoms. The van der Waals surface area contributed by atoms with Crippen LogP contribution in [0, 0.1) is 11.3 Å². The number of nitrogens with zero attached hydrogens (tertiary/aromatic N) is 2. The molecule has 0 heterocycles. The van der Waals surface area contributed by atoms with Gasteiger partial charge in [-0.1, -0.05) is 0 Å². The maximum absolute atomic E-state index is 12.1. The van der Waals surface area contributed by atoms with Gasteiger partial charge in [0, 0.05) is 28.2 Å². The van der Waals surface area contributed by atoms with Crippen molar-refractivity contribution in [2.45, 2.75) is 71.2 Å². The second-order valence-electron chi connectivity index (χ2n) is 5.99. The number of rotatable bonds is 12. The van der Waals surface area contributed by atoms with Gasteiger partial charge in [0.15, 0.2) is 6.10 Å². The number of hydrogen-bond acceptors (Lipinski definition) is 6. The van der Waals surface area contributed by atoms with Gasteiger partial charge in [0.2, 0.25) is 0 Å². The van der Waals surface area contributed by atoms with Crippen LogP contribution in [0.25, 0.3) is 0 Å². The van der Waals surface area contributed by atoms with E-state index >= 15 is 0 Å². The normalized spacial score (nSPS) is 14.1. The van der Waals surface area contributed by atoms with E-state index in [1.165, 1.54) is 7.11 Å². The number of carbonyl (C=O) groups is 1. The summed E-state index contributed by atoms with van der Waals surface area (Å²) >= 11 is 0. The number of methoxy groups -OCH3 is 1. The second kappa shape index (κ2) is 12.7. The van der Waals surface area contributed by atoms with Crippen molar-refractivity contribution in [1.82, 2.24) is 4.90 Å². The van der Waals surface area contributed by atoms with E-state index in [0.29, 0.717) is 13.0 Å². The fourth-order valence-electron chi connectivity index (χ4n) is 2.72. The predicted octanol–water partition coefficient (Wildman–Crippen LogP) is 2.53. The first-order valence-corrected chi connectivity index (χ1v) is 8.54. The Morgan fingerprint density at radius 3 is 2.26 bits per heavy atom. The van der Waals surface area contributed by atoms with Crippen molar-refractivity contribution in [3.05, 3.63) is 0 Å². The molecule has 0 aliphatic carbocycles. The highest BCUT2D eigenvalue weighted by atomic mass is 31.0. The van der Waals surface area contributed by atoms with Crippen molar-refractivity contribution in [3.63, 3.8) is 0 Å². The lowest BCUT2D eigenvalue weighted by Gasteiger charge is -2.36. The molecule has 134 valence electrons. The van der Waals surface area contributed by atoms with Crippen molar-refractivity contribution in [1.29, 1.82) is 5.26 Å². The lowest BCUT2D eigenvalue weighted by atomic mass is 10.0. The Morgan fingerprint density at radius 2 is 1.83 bits per heavy atom. The van der Waals surface area contributed by atoms with Crippen molar-refractivity contribution in [3.8, 4) is 6.07 Å². The Kier molecular flexibility index (Phi) is 12.3. The molecule has 0 saturated heterocycles. The smallest absolute Gasteiger partial charge is 0.323 e. The molecule has 23 heavy (non-hydrogen) atoms. The van der Waals surface area contributed by atoms with Crippen LogP contribution in [0.4, 0.5) is 0 Å². The van der Waals surface area contributed by atoms with Crippen molar-refractivity contribution >= 4 is 15.4 Å². The van der Waals surface area contributed by atoms with Gasteiger partial charge in [0.1, 0.15) is 6.04 Å². The summed E-state index contributed by atoms with van der Waals surface area (Å²) < 4.78 is 15.2. The molecule has 0 radical (unpaired) electrons. The highest BCUT2D eigenvalue weighted by Crippen LogP contribution is 2.17. The van der Waals surface area contributed by atoms with Crippen LogP contribution in [0.5, 0.6) is 0 Å². The predicted molar refractivity (Wildman–Crippen MR) is 92.8 cm³/mol. The molecular formula is C16H31N2O4P. The first kappa shape index (κ1) is 22.3. The van der Waals surface area contributed by atoms with E-state index in [2.05, 4.69) is 42.1 Å². The van der Waals surface area contributed by atoms with E-state index in [9.17, 15) is 4.79 Å². The van der Waals surface area contributed by atoms with Crippen LogP contribution in [-0.4, -0.2) is 55.4 Å². The molecule has 0 N–H and O–H groups in total. The monoisotopic (exact) mass is 346 g/mol. The quantitative estimate of drug-likeness (QED) is 0.307. The van der Waals surface area contributed by atoms with Crippen LogP contribution < -0.4 is 0 Å². The first-order valence-electron chi connectivity index (χ1n) is 8.07. The van der Waals surface area contributed by atoms with E-state index in [-0.39, 0.29) is 30.7 Å². The molecule has 0 bridgehead atoms. The number of hydrogen-bond donors (Lipinski definition) is 0. The minimum absolute atomic E-state index is 0.195. The Balaban J connectivity index is 4.42. The van der Waals surface area contributed by atoms with Crippen LogP contribution >= 0.6 is 9.47 Å². The third-order valence-corrected chi connectivity index (χ3v) is 3.80. The Labute approximate surface area is 142 Å². The summed E-state index contributed by atoms with van der Waals surface area (Å²) in [5.41, 5.74) is 0. The number of unbranched alkanes of at least 4 members (excludes halogenated alkanes) is 1. The molecular weight excluding hydrogens is 315 g/mol. The van der Waals surface area contributed by atoms with Gasteiger partial charge in [0.05, 0.1) is 19.8 Å². The van der Waals surface area contributed by atoms with E-state index < -0.39 is 6.10 Å². The molecule has 0 spiro atoms. The average molecular weight is 346 g/mol. The summed E-state index contributed by atoms with van der Waals surface area (Å²) in [6.07, 6.45) is 1.78. The largest absolute Gasteiger partial charge is 0.468 e. The minimum Gasteiger partial charge on any atom is -0.468 e. The SMILES string of the molecule is COC(=O)C(CCCCOC(C#N)COP)N(C(C)C)C(C)C. The van der Waals surface area contributed by atoms with Gasteiger partial charge in [-0.3, -0.25) is 9.69 Å². The molecule has 3 atom stereocenters. The lowest BCUT2D eigenvalue weighted by Crippen LogP contribution is -2.49. The topological polar surface area (TPSA) is 71.8 Å². The molecule has 0 amide bonds. The highest BCUT2D eigenvalue weighted by Gasteiger charge is 2.30. The molecule has 0 aromatic heterocycles. The van der Waals surface area contributed by atoms with Crippen LogP contribution in [0.15, 0.2) is 0 Å².